The summed E-state index contributed by atoms with van der Waals surface area (Å²) in [7, 11) is 0. The van der Waals surface area contributed by atoms with Gasteiger partial charge in [0.15, 0.2) is 10.3 Å². The molecule has 4 nitrogen and oxygen atoms in total. The molecule has 0 aliphatic carbocycles. The predicted molar refractivity (Wildman–Crippen MR) is 165 cm³/mol. The minimum absolute atomic E-state index is 0.170. The molecule has 0 bridgehead atoms. The van der Waals surface area contributed by atoms with E-state index >= 15 is 0 Å². The second-order valence-corrected chi connectivity index (χ2v) is 13.9. The lowest BCUT2D eigenvalue weighted by molar-refractivity contribution is 0.658. The Bertz CT molecular complexity index is 2160. The van der Waals surface area contributed by atoms with Crippen molar-refractivity contribution in [3.8, 4) is 21.4 Å². The highest BCUT2D eigenvalue weighted by Gasteiger charge is 2.14. The lowest BCUT2D eigenvalue weighted by Crippen LogP contribution is -1.97. The molecule has 0 saturated carbocycles. The average molecular weight is 595 g/mol. The van der Waals surface area contributed by atoms with E-state index in [1.54, 1.807) is 34.8 Å². The molecule has 0 radical (unpaired) electrons. The average Bonchev–Trinajstić information content (AvgIpc) is 3.71. The first-order valence-electron chi connectivity index (χ1n) is 12.2. The van der Waals surface area contributed by atoms with E-state index in [-0.39, 0.29) is 10.3 Å². The third-order valence-corrected chi connectivity index (χ3v) is 11.0. The predicted octanol–water partition coefficient (Wildman–Crippen LogP) is 10.0. The Kier molecular flexibility index (Phi) is 4.72. The summed E-state index contributed by atoms with van der Waals surface area (Å²) in [5.74, 6) is 0.965. The zero-order chi connectivity index (χ0) is 26.5. The Balaban J connectivity index is 1.07. The molecule has 10 heteroatoms. The highest BCUT2D eigenvalue weighted by molar-refractivity contribution is 7.22. The van der Waals surface area contributed by atoms with Gasteiger partial charge in [0.2, 0.25) is 11.6 Å². The third-order valence-electron chi connectivity index (χ3n) is 7.08. The largest absolute Gasteiger partial charge is 0.213 e. The first-order valence-corrected chi connectivity index (χ1v) is 15.5. The van der Waals surface area contributed by atoms with Crippen LogP contribution in [0.4, 0.5) is 8.78 Å². The summed E-state index contributed by atoms with van der Waals surface area (Å²) in [4.78, 5) is 1.78. The van der Waals surface area contributed by atoms with E-state index in [1.807, 2.05) is 24.3 Å². The molecule has 5 heterocycles. The first-order chi connectivity index (χ1) is 19.5. The fourth-order valence-corrected chi connectivity index (χ4v) is 8.90. The topological polar surface area (TPSA) is 51.6 Å². The van der Waals surface area contributed by atoms with Gasteiger partial charge in [-0.3, -0.25) is 0 Å². The van der Waals surface area contributed by atoms with Gasteiger partial charge in [-0.15, -0.1) is 65.7 Å². The van der Waals surface area contributed by atoms with Crippen LogP contribution < -0.4 is 0 Å². The number of thiophene rings is 4. The molecule has 40 heavy (non-hydrogen) atoms. The third kappa shape index (κ3) is 3.57. The zero-order valence-electron chi connectivity index (χ0n) is 20.1. The van der Waals surface area contributed by atoms with Crippen molar-refractivity contribution in [2.24, 2.45) is 0 Å². The lowest BCUT2D eigenvalue weighted by atomic mass is 10.1. The van der Waals surface area contributed by atoms with Crippen LogP contribution in [-0.4, -0.2) is 20.4 Å². The fourth-order valence-electron chi connectivity index (χ4n) is 5.23. The standard InChI is InChI=1S/C30H12F2N4S4/c31-27-11-19-3-15-5-21-17(1-13(15)7-23(19)39-27)9-25(37-21)29-33-35-30(36-34-29)26-10-18-2-14-8-24-20(12-28(32)40-24)4-16(14)6-22(18)38-26/h1-12H. The van der Waals surface area contributed by atoms with Crippen LogP contribution in [0.25, 0.3) is 83.3 Å². The Labute approximate surface area is 239 Å². The maximum absolute atomic E-state index is 13.7. The molecule has 5 aromatic heterocycles. The molecule has 0 N–H and O–H groups in total. The van der Waals surface area contributed by atoms with Crippen LogP contribution in [0, 0.1) is 10.3 Å². The van der Waals surface area contributed by atoms with Crippen molar-refractivity contribution in [2.45, 2.75) is 0 Å². The van der Waals surface area contributed by atoms with Gasteiger partial charge in [-0.2, -0.15) is 8.78 Å². The second-order valence-electron chi connectivity index (χ2n) is 9.62. The maximum Gasteiger partial charge on any atom is 0.213 e. The number of benzene rings is 4. The number of halogens is 2. The van der Waals surface area contributed by atoms with Gasteiger partial charge in [0.25, 0.3) is 0 Å². The number of aromatic nitrogens is 4. The molecule has 0 aliphatic rings. The summed E-state index contributed by atoms with van der Waals surface area (Å²) in [5, 5.41) is 25.6. The van der Waals surface area contributed by atoms with Crippen LogP contribution in [0.5, 0.6) is 0 Å². The monoisotopic (exact) mass is 594 g/mol. The van der Waals surface area contributed by atoms with Gasteiger partial charge in [0.1, 0.15) is 0 Å². The summed E-state index contributed by atoms with van der Waals surface area (Å²) in [6.45, 7) is 0. The van der Waals surface area contributed by atoms with Gasteiger partial charge in [-0.25, -0.2) is 0 Å². The molecule has 190 valence electrons. The Morgan fingerprint density at radius 3 is 1.05 bits per heavy atom. The molecular weight excluding hydrogens is 583 g/mol. The Hall–Kier alpha value is -3.96. The molecule has 4 aromatic carbocycles. The van der Waals surface area contributed by atoms with Crippen LogP contribution in [-0.2, 0) is 0 Å². The minimum Gasteiger partial charge on any atom is -0.195 e. The second kappa shape index (κ2) is 8.28. The molecule has 9 rings (SSSR count). The van der Waals surface area contributed by atoms with E-state index in [0.717, 1.165) is 94.3 Å². The molecule has 9 aromatic rings. The summed E-state index contributed by atoms with van der Waals surface area (Å²) < 4.78 is 31.5. The summed E-state index contributed by atoms with van der Waals surface area (Å²) in [6, 6.07) is 23.9. The van der Waals surface area contributed by atoms with Crippen LogP contribution in [0.1, 0.15) is 0 Å². The van der Waals surface area contributed by atoms with Crippen molar-refractivity contribution in [1.29, 1.82) is 0 Å². The smallest absolute Gasteiger partial charge is 0.195 e. The van der Waals surface area contributed by atoms with Crippen molar-refractivity contribution < 1.29 is 8.78 Å². The Morgan fingerprint density at radius 1 is 0.350 bits per heavy atom. The van der Waals surface area contributed by atoms with Crippen LogP contribution >= 0.6 is 45.3 Å². The van der Waals surface area contributed by atoms with E-state index < -0.39 is 0 Å². The van der Waals surface area contributed by atoms with E-state index in [0.29, 0.717) is 11.6 Å². The minimum atomic E-state index is -0.170. The van der Waals surface area contributed by atoms with E-state index in [4.69, 9.17) is 0 Å². The summed E-state index contributed by atoms with van der Waals surface area (Å²) in [6.07, 6.45) is 0. The molecule has 0 atom stereocenters. The molecular formula is C30H12F2N4S4. The maximum atomic E-state index is 13.7. The van der Waals surface area contributed by atoms with Crippen molar-refractivity contribution in [3.05, 3.63) is 83.1 Å². The molecule has 0 fully saturated rings. The van der Waals surface area contributed by atoms with E-state index in [1.165, 1.54) is 0 Å². The zero-order valence-corrected chi connectivity index (χ0v) is 23.4. The highest BCUT2D eigenvalue weighted by Crippen LogP contribution is 2.39. The lowest BCUT2D eigenvalue weighted by Gasteiger charge is -1.99. The molecule has 0 amide bonds. The molecule has 0 unspecified atom stereocenters. The van der Waals surface area contributed by atoms with Crippen molar-refractivity contribution in [2.75, 3.05) is 0 Å². The fraction of sp³-hybridized carbons (Fsp3) is 0. The van der Waals surface area contributed by atoms with Crippen molar-refractivity contribution >= 4 is 107 Å². The van der Waals surface area contributed by atoms with Gasteiger partial charge in [-0.05, 0) is 116 Å². The van der Waals surface area contributed by atoms with Gasteiger partial charge in [0, 0.05) is 18.8 Å². The summed E-state index contributed by atoms with van der Waals surface area (Å²) >= 11 is 5.51. The van der Waals surface area contributed by atoms with E-state index in [9.17, 15) is 8.78 Å². The molecule has 0 saturated heterocycles. The van der Waals surface area contributed by atoms with Gasteiger partial charge >= 0.3 is 0 Å². The van der Waals surface area contributed by atoms with Crippen LogP contribution in [0.3, 0.4) is 0 Å². The van der Waals surface area contributed by atoms with Gasteiger partial charge in [-0.1, -0.05) is 0 Å². The van der Waals surface area contributed by atoms with Crippen LogP contribution in [0.2, 0.25) is 0 Å². The van der Waals surface area contributed by atoms with Crippen molar-refractivity contribution in [1.82, 2.24) is 20.4 Å². The van der Waals surface area contributed by atoms with Gasteiger partial charge in [0.05, 0.1) is 9.75 Å². The molecule has 0 spiro atoms. The van der Waals surface area contributed by atoms with Crippen molar-refractivity contribution in [3.63, 3.8) is 0 Å². The van der Waals surface area contributed by atoms with Gasteiger partial charge < -0.3 is 0 Å². The van der Waals surface area contributed by atoms with E-state index in [2.05, 4.69) is 56.8 Å². The number of hydrogen-bond acceptors (Lipinski definition) is 8. The Morgan fingerprint density at radius 2 is 0.675 bits per heavy atom. The summed E-state index contributed by atoms with van der Waals surface area (Å²) in [5.41, 5.74) is 0. The molecule has 0 aliphatic heterocycles. The quantitative estimate of drug-likeness (QED) is 0.200. The van der Waals surface area contributed by atoms with Crippen LogP contribution in [0.15, 0.2) is 72.8 Å². The normalized spacial score (nSPS) is 12.2. The first kappa shape index (κ1) is 22.8. The highest BCUT2D eigenvalue weighted by atomic mass is 32.1. The number of hydrogen-bond donors (Lipinski definition) is 0. The number of rotatable bonds is 2. The number of fused-ring (bicyclic) bond motifs is 6. The number of nitrogens with zero attached hydrogens (tertiary/aromatic N) is 4. The SMILES string of the molecule is Fc1cc2cc3cc4sc(-c5nnc(-c6cc7cc8cc9sc(F)cc9cc8cc7s6)nn5)cc4cc3cc2s1.